The van der Waals surface area contributed by atoms with Gasteiger partial charge in [-0.25, -0.2) is 4.68 Å². The largest absolute Gasteiger partial charge is 0.491 e. The van der Waals surface area contributed by atoms with E-state index in [1.54, 1.807) is 23.0 Å². The summed E-state index contributed by atoms with van der Waals surface area (Å²) in [5, 5.41) is 24.8. The molecule has 0 radical (unpaired) electrons. The minimum absolute atomic E-state index is 0.0298. The first-order valence-corrected chi connectivity index (χ1v) is 21.3. The summed E-state index contributed by atoms with van der Waals surface area (Å²) in [4.78, 5) is 52.7. The van der Waals surface area contributed by atoms with E-state index in [0.29, 0.717) is 34.5 Å². The number of aromatic nitrogens is 4. The molecule has 5 heterocycles. The number of amides is 2. The molecule has 3 aliphatic rings. The second kappa shape index (κ2) is 17.2. The summed E-state index contributed by atoms with van der Waals surface area (Å²) in [6.45, 7) is 0.151. The number of fused-ring (bicyclic) bond motifs is 4. The average molecular weight is 850 g/mol. The monoisotopic (exact) mass is 849 g/mol. The molecule has 13 heteroatoms. The molecule has 0 saturated carbocycles. The van der Waals surface area contributed by atoms with Crippen molar-refractivity contribution in [1.82, 2.24) is 30.2 Å². The maximum absolute atomic E-state index is 15.6. The van der Waals surface area contributed by atoms with E-state index < -0.39 is 53.3 Å². The molecule has 2 saturated heterocycles. The minimum Gasteiger partial charge on any atom is -0.491 e. The number of nitrogens with zero attached hydrogens (tertiary/aromatic N) is 5. The van der Waals surface area contributed by atoms with Crippen LogP contribution in [0.4, 0.5) is 5.69 Å². The molecule has 13 nitrogen and oxygen atoms in total. The number of aliphatic hydroxyl groups is 1. The Morgan fingerprint density at radius 2 is 1.61 bits per heavy atom. The summed E-state index contributed by atoms with van der Waals surface area (Å²) in [7, 11) is 0. The van der Waals surface area contributed by atoms with Crippen LogP contribution < -0.4 is 15.4 Å². The first-order chi connectivity index (χ1) is 31.5. The topological polar surface area (TPSA) is 161 Å². The number of benzene rings is 5. The van der Waals surface area contributed by atoms with Crippen LogP contribution in [0.15, 0.2) is 152 Å². The van der Waals surface area contributed by atoms with Crippen molar-refractivity contribution in [3.8, 4) is 17.6 Å². The Labute approximate surface area is 369 Å². The Kier molecular flexibility index (Phi) is 10.9. The quantitative estimate of drug-likeness (QED) is 0.106. The van der Waals surface area contributed by atoms with Crippen LogP contribution in [0, 0.1) is 17.8 Å². The molecule has 0 unspecified atom stereocenters. The van der Waals surface area contributed by atoms with Crippen molar-refractivity contribution in [1.29, 1.82) is 0 Å². The smallest absolute Gasteiger partial charge is 0.324 e. The number of carbonyl (C=O) groups is 3. The number of nitrogens with one attached hydrogen (secondary N) is 2. The third-order valence-corrected chi connectivity index (χ3v) is 12.4. The predicted molar refractivity (Wildman–Crippen MR) is 237 cm³/mol. The molecule has 7 aromatic rings. The second-order valence-corrected chi connectivity index (χ2v) is 16.0. The number of pyridine rings is 1. The maximum Gasteiger partial charge on any atom is 0.324 e. The number of rotatable bonds is 11. The second-order valence-electron chi connectivity index (χ2n) is 16.0. The number of morpholine rings is 1. The number of esters is 1. The summed E-state index contributed by atoms with van der Waals surface area (Å²) in [5.74, 6) is 3.99. The summed E-state index contributed by atoms with van der Waals surface area (Å²) < 4.78 is 14.5. The van der Waals surface area contributed by atoms with Gasteiger partial charge in [0.1, 0.15) is 42.0 Å². The van der Waals surface area contributed by atoms with Crippen molar-refractivity contribution in [3.05, 3.63) is 185 Å². The van der Waals surface area contributed by atoms with E-state index in [1.165, 1.54) is 0 Å². The van der Waals surface area contributed by atoms with Crippen LogP contribution in [0.2, 0.25) is 0 Å². The van der Waals surface area contributed by atoms with Crippen LogP contribution in [0.25, 0.3) is 11.0 Å². The van der Waals surface area contributed by atoms with E-state index in [9.17, 15) is 5.11 Å². The summed E-state index contributed by atoms with van der Waals surface area (Å²) in [6, 6.07) is 42.3. The van der Waals surface area contributed by atoms with E-state index in [2.05, 4.69) is 37.8 Å². The molecule has 1 spiro atoms. The first kappa shape index (κ1) is 40.4. The SMILES string of the molecule is O=C1O[C@H](c2ccccc2)[C@H](c2ccccc2)N2[C@H]1[C@@H](C(=O)NCCc1ccccn1)[C@]1(C(=O)Nc3ccc(C#CCn4nnc5ccccc54)cc31)[C@H]2c1ccccc1OCCO. The zero-order chi connectivity index (χ0) is 43.6. The van der Waals surface area contributed by atoms with Crippen molar-refractivity contribution < 1.29 is 29.0 Å². The molecular formula is C51H43N7O6. The molecule has 318 valence electrons. The number of para-hydroxylation sites is 2. The highest BCUT2D eigenvalue weighted by molar-refractivity contribution is 6.12. The molecule has 3 N–H and O–H groups in total. The van der Waals surface area contributed by atoms with Gasteiger partial charge in [-0.05, 0) is 65.2 Å². The van der Waals surface area contributed by atoms with Gasteiger partial charge in [0.2, 0.25) is 11.8 Å². The lowest BCUT2D eigenvalue weighted by Crippen LogP contribution is -2.55. The number of aliphatic hydroxyl groups excluding tert-OH is 1. The van der Waals surface area contributed by atoms with Crippen LogP contribution in [0.1, 0.15) is 51.7 Å². The molecule has 0 aliphatic carbocycles. The Hall–Kier alpha value is -7.66. The van der Waals surface area contributed by atoms with Crippen LogP contribution >= 0.6 is 0 Å². The zero-order valence-electron chi connectivity index (χ0n) is 34.6. The van der Waals surface area contributed by atoms with Gasteiger partial charge in [0.25, 0.3) is 0 Å². The number of carbonyl (C=O) groups excluding carboxylic acids is 3. The Morgan fingerprint density at radius 1 is 0.859 bits per heavy atom. The third kappa shape index (κ3) is 7.03. The molecule has 2 amide bonds. The van der Waals surface area contributed by atoms with Gasteiger partial charge >= 0.3 is 5.97 Å². The lowest BCUT2D eigenvalue weighted by atomic mass is 9.65. The van der Waals surface area contributed by atoms with Gasteiger partial charge in [-0.1, -0.05) is 114 Å². The van der Waals surface area contributed by atoms with Crippen LogP contribution in [-0.2, 0) is 37.5 Å². The molecule has 64 heavy (non-hydrogen) atoms. The van der Waals surface area contributed by atoms with E-state index in [4.69, 9.17) is 9.47 Å². The maximum atomic E-state index is 15.6. The fourth-order valence-electron chi connectivity index (χ4n) is 9.86. The van der Waals surface area contributed by atoms with Crippen LogP contribution in [0.3, 0.4) is 0 Å². The standard InChI is InChI=1S/C51H43N7O6/c59-30-31-63-42-23-10-7-20-37(42)47-51(38-32-33(24-25-39(38)54-50(51)62)14-13-29-57-41-22-9-8-21-40(41)55-56-57)43(48(60)53-28-26-36-19-11-12-27-52-36)45-49(61)64-46(35-17-5-2-6-18-35)44(58(45)47)34-15-3-1-4-16-34/h1-12,15-25,27,32,43-47,59H,26,28-31H2,(H,53,60)(H,54,62)/t43-,44-,45-,46+,47+,51-/m0/s1. The highest BCUT2D eigenvalue weighted by Gasteiger charge is 2.74. The molecule has 5 aromatic carbocycles. The summed E-state index contributed by atoms with van der Waals surface area (Å²) >= 11 is 0. The molecule has 0 bridgehead atoms. The molecular weight excluding hydrogens is 807 g/mol. The molecule has 10 rings (SSSR count). The van der Waals surface area contributed by atoms with Crippen molar-refractivity contribution in [3.63, 3.8) is 0 Å². The highest BCUT2D eigenvalue weighted by Crippen LogP contribution is 2.65. The molecule has 6 atom stereocenters. The fourth-order valence-corrected chi connectivity index (χ4v) is 9.86. The van der Waals surface area contributed by atoms with Crippen LogP contribution in [0.5, 0.6) is 5.75 Å². The first-order valence-electron chi connectivity index (χ1n) is 21.3. The lowest BCUT2D eigenvalue weighted by Gasteiger charge is -2.46. The van der Waals surface area contributed by atoms with E-state index in [1.807, 2.05) is 138 Å². The van der Waals surface area contributed by atoms with Gasteiger partial charge in [0.05, 0.1) is 30.1 Å². The predicted octanol–water partition coefficient (Wildman–Crippen LogP) is 5.88. The number of hydrogen-bond acceptors (Lipinski definition) is 10. The number of ether oxygens (including phenoxy) is 2. The van der Waals surface area contributed by atoms with Gasteiger partial charge in [-0.15, -0.1) is 5.10 Å². The normalized spacial score (nSPS) is 22.2. The van der Waals surface area contributed by atoms with Gasteiger partial charge in [0, 0.05) is 41.7 Å². The van der Waals surface area contributed by atoms with Gasteiger partial charge in [-0.2, -0.15) is 0 Å². The molecule has 2 aromatic heterocycles. The Balaban J connectivity index is 1.19. The van der Waals surface area contributed by atoms with E-state index >= 15 is 14.4 Å². The Bertz CT molecular complexity index is 2920. The number of cyclic esters (lactones) is 1. The average Bonchev–Trinajstić information content (AvgIpc) is 3.99. The highest BCUT2D eigenvalue weighted by atomic mass is 16.6. The van der Waals surface area contributed by atoms with Crippen molar-refractivity contribution >= 4 is 34.5 Å². The zero-order valence-corrected chi connectivity index (χ0v) is 34.6. The minimum atomic E-state index is -1.76. The van der Waals surface area contributed by atoms with Crippen molar-refractivity contribution in [2.45, 2.75) is 42.6 Å². The third-order valence-electron chi connectivity index (χ3n) is 12.4. The Morgan fingerprint density at radius 3 is 2.41 bits per heavy atom. The fraction of sp³-hybridized carbons (Fsp3) is 0.216. The summed E-state index contributed by atoms with van der Waals surface area (Å²) in [5.41, 5.74) is 4.33. The van der Waals surface area contributed by atoms with E-state index in [-0.39, 0.29) is 26.3 Å². The van der Waals surface area contributed by atoms with Crippen molar-refractivity contribution in [2.75, 3.05) is 25.1 Å². The number of anilines is 1. The van der Waals surface area contributed by atoms with Gasteiger partial charge in [-0.3, -0.25) is 24.3 Å². The van der Waals surface area contributed by atoms with E-state index in [0.717, 1.165) is 27.9 Å². The molecule has 2 fully saturated rings. The number of hydrogen-bond donors (Lipinski definition) is 3. The van der Waals surface area contributed by atoms with Gasteiger partial charge in [0.15, 0.2) is 0 Å². The summed E-state index contributed by atoms with van der Waals surface area (Å²) in [6.07, 6.45) is 1.28. The molecule has 3 aliphatic heterocycles. The van der Waals surface area contributed by atoms with Crippen LogP contribution in [-0.4, -0.2) is 73.6 Å². The lowest BCUT2D eigenvalue weighted by molar-refractivity contribution is -0.178. The van der Waals surface area contributed by atoms with Gasteiger partial charge < -0.3 is 25.2 Å². The van der Waals surface area contributed by atoms with Crippen molar-refractivity contribution in [2.24, 2.45) is 5.92 Å².